The molecule has 0 atom stereocenters. The van der Waals surface area contributed by atoms with E-state index in [9.17, 15) is 0 Å². The van der Waals surface area contributed by atoms with Crippen molar-refractivity contribution in [2.45, 2.75) is 44.2 Å². The lowest BCUT2D eigenvalue weighted by Gasteiger charge is -2.35. The van der Waals surface area contributed by atoms with Crippen LogP contribution in [0.15, 0.2) is 12.4 Å². The zero-order valence-corrected chi connectivity index (χ0v) is 10.8. The highest BCUT2D eigenvalue weighted by molar-refractivity contribution is 4.89. The van der Waals surface area contributed by atoms with Crippen LogP contribution in [0.4, 0.5) is 0 Å². The fourth-order valence-corrected chi connectivity index (χ4v) is 2.71. The van der Waals surface area contributed by atoms with Crippen LogP contribution in [-0.2, 0) is 27.9 Å². The Kier molecular flexibility index (Phi) is 3.37. The molecule has 1 aliphatic carbocycles. The van der Waals surface area contributed by atoms with Crippen LogP contribution in [-0.4, -0.2) is 34.7 Å². The van der Waals surface area contributed by atoms with Gasteiger partial charge in [-0.15, -0.1) is 0 Å². The Bertz CT molecular complexity index is 389. The maximum atomic E-state index is 5.92. The van der Waals surface area contributed by atoms with Crippen LogP contribution < -0.4 is 0 Å². The third-order valence-corrected chi connectivity index (χ3v) is 3.88. The van der Waals surface area contributed by atoms with Crippen molar-refractivity contribution in [1.82, 2.24) is 9.55 Å². The zero-order chi connectivity index (χ0) is 12.4. The SMILES string of the molecule is Cn1ccnc1COC1CCC2(CC1)OCCO2. The van der Waals surface area contributed by atoms with Gasteiger partial charge in [-0.3, -0.25) is 0 Å². The third-order valence-electron chi connectivity index (χ3n) is 3.88. The van der Waals surface area contributed by atoms with Crippen LogP contribution in [0.25, 0.3) is 0 Å². The molecule has 2 aliphatic rings. The van der Waals surface area contributed by atoms with Crippen molar-refractivity contribution >= 4 is 0 Å². The molecule has 0 N–H and O–H groups in total. The lowest BCUT2D eigenvalue weighted by atomic mass is 9.92. The van der Waals surface area contributed by atoms with E-state index in [0.717, 1.165) is 44.7 Å². The largest absolute Gasteiger partial charge is 0.370 e. The number of rotatable bonds is 3. The van der Waals surface area contributed by atoms with Crippen LogP contribution in [0.1, 0.15) is 31.5 Å². The highest BCUT2D eigenvalue weighted by atomic mass is 16.7. The average molecular weight is 252 g/mol. The van der Waals surface area contributed by atoms with Crippen molar-refractivity contribution in [3.05, 3.63) is 18.2 Å². The van der Waals surface area contributed by atoms with E-state index < -0.39 is 0 Å². The van der Waals surface area contributed by atoms with E-state index in [-0.39, 0.29) is 5.79 Å². The second-order valence-electron chi connectivity index (χ2n) is 5.07. The molecule has 0 bridgehead atoms. The molecule has 5 nitrogen and oxygen atoms in total. The first-order valence-corrected chi connectivity index (χ1v) is 6.63. The second kappa shape index (κ2) is 4.99. The Morgan fingerprint density at radius 2 is 2.11 bits per heavy atom. The van der Waals surface area contributed by atoms with Gasteiger partial charge in [-0.05, 0) is 12.8 Å². The lowest BCUT2D eigenvalue weighted by Crippen LogP contribution is -2.37. The number of imidazole rings is 1. The van der Waals surface area contributed by atoms with Gasteiger partial charge in [-0.1, -0.05) is 0 Å². The standard InChI is InChI=1S/C13H20N2O3/c1-15-7-6-14-12(15)10-16-11-2-4-13(5-3-11)17-8-9-18-13/h6-7,11H,2-5,8-10H2,1H3. The molecule has 0 aromatic carbocycles. The molecule has 1 saturated heterocycles. The van der Waals surface area contributed by atoms with Crippen LogP contribution in [0.2, 0.25) is 0 Å². The summed E-state index contributed by atoms with van der Waals surface area (Å²) in [5.41, 5.74) is 0. The molecule has 1 spiro atoms. The van der Waals surface area contributed by atoms with Crippen molar-refractivity contribution in [3.63, 3.8) is 0 Å². The number of aromatic nitrogens is 2. The van der Waals surface area contributed by atoms with Gasteiger partial charge in [0.1, 0.15) is 12.4 Å². The number of hydrogen-bond acceptors (Lipinski definition) is 4. The van der Waals surface area contributed by atoms with Crippen LogP contribution in [0.3, 0.4) is 0 Å². The quantitative estimate of drug-likeness (QED) is 0.820. The summed E-state index contributed by atoms with van der Waals surface area (Å²) in [4.78, 5) is 4.26. The lowest BCUT2D eigenvalue weighted by molar-refractivity contribution is -0.192. The fourth-order valence-electron chi connectivity index (χ4n) is 2.71. The first-order valence-electron chi connectivity index (χ1n) is 6.63. The Balaban J connectivity index is 1.47. The topological polar surface area (TPSA) is 45.5 Å². The van der Waals surface area contributed by atoms with E-state index in [4.69, 9.17) is 14.2 Å². The molecule has 2 heterocycles. The minimum absolute atomic E-state index is 0.289. The normalized spacial score (nSPS) is 23.8. The van der Waals surface area contributed by atoms with Crippen LogP contribution in [0.5, 0.6) is 0 Å². The maximum Gasteiger partial charge on any atom is 0.168 e. The molecular formula is C13H20N2O3. The summed E-state index contributed by atoms with van der Waals surface area (Å²) in [6, 6.07) is 0. The third kappa shape index (κ3) is 2.43. The van der Waals surface area contributed by atoms with Crippen molar-refractivity contribution in [1.29, 1.82) is 0 Å². The van der Waals surface area contributed by atoms with Gasteiger partial charge in [0.25, 0.3) is 0 Å². The van der Waals surface area contributed by atoms with Crippen LogP contribution >= 0.6 is 0 Å². The second-order valence-corrected chi connectivity index (χ2v) is 5.07. The van der Waals surface area contributed by atoms with E-state index in [1.54, 1.807) is 6.20 Å². The molecule has 0 radical (unpaired) electrons. The summed E-state index contributed by atoms with van der Waals surface area (Å²) in [5, 5.41) is 0. The molecule has 5 heteroatoms. The zero-order valence-electron chi connectivity index (χ0n) is 10.8. The highest BCUT2D eigenvalue weighted by Gasteiger charge is 2.40. The molecule has 1 saturated carbocycles. The van der Waals surface area contributed by atoms with E-state index in [0.29, 0.717) is 12.7 Å². The summed E-state index contributed by atoms with van der Waals surface area (Å²) < 4.78 is 19.3. The average Bonchev–Trinajstić information content (AvgIpc) is 2.99. The Morgan fingerprint density at radius 3 is 2.72 bits per heavy atom. The predicted octanol–water partition coefficient (Wildman–Crippen LogP) is 1.62. The van der Waals surface area contributed by atoms with Gasteiger partial charge in [0.2, 0.25) is 0 Å². The molecule has 100 valence electrons. The van der Waals surface area contributed by atoms with Gasteiger partial charge in [-0.25, -0.2) is 4.98 Å². The summed E-state index contributed by atoms with van der Waals surface area (Å²) in [6.07, 6.45) is 7.94. The van der Waals surface area contributed by atoms with Crippen molar-refractivity contribution in [3.8, 4) is 0 Å². The number of hydrogen-bond donors (Lipinski definition) is 0. The first kappa shape index (κ1) is 12.1. The van der Waals surface area contributed by atoms with Gasteiger partial charge in [-0.2, -0.15) is 0 Å². The Morgan fingerprint density at radius 1 is 1.39 bits per heavy atom. The summed E-state index contributed by atoms with van der Waals surface area (Å²) >= 11 is 0. The summed E-state index contributed by atoms with van der Waals surface area (Å²) in [7, 11) is 1.99. The first-order chi connectivity index (χ1) is 8.77. The molecule has 1 aromatic heterocycles. The molecule has 1 aromatic rings. The predicted molar refractivity (Wildman–Crippen MR) is 64.9 cm³/mol. The molecule has 1 aliphatic heterocycles. The number of nitrogens with zero attached hydrogens (tertiary/aromatic N) is 2. The van der Waals surface area contributed by atoms with E-state index in [2.05, 4.69) is 4.98 Å². The molecule has 3 rings (SSSR count). The summed E-state index contributed by atoms with van der Waals surface area (Å²) in [6.45, 7) is 2.06. The highest BCUT2D eigenvalue weighted by Crippen LogP contribution is 2.36. The van der Waals surface area contributed by atoms with Crippen molar-refractivity contribution < 1.29 is 14.2 Å². The van der Waals surface area contributed by atoms with Gasteiger partial charge in [0.05, 0.1) is 19.3 Å². The smallest absolute Gasteiger partial charge is 0.168 e. The maximum absolute atomic E-state index is 5.92. The summed E-state index contributed by atoms with van der Waals surface area (Å²) in [5.74, 6) is 0.687. The van der Waals surface area contributed by atoms with Gasteiger partial charge in [0.15, 0.2) is 5.79 Å². The minimum atomic E-state index is -0.289. The monoisotopic (exact) mass is 252 g/mol. The number of ether oxygens (including phenoxy) is 3. The molecule has 0 unspecified atom stereocenters. The number of aryl methyl sites for hydroxylation is 1. The minimum Gasteiger partial charge on any atom is -0.370 e. The molecule has 0 amide bonds. The van der Waals surface area contributed by atoms with Crippen molar-refractivity contribution in [2.75, 3.05) is 13.2 Å². The van der Waals surface area contributed by atoms with Crippen molar-refractivity contribution in [2.24, 2.45) is 7.05 Å². The molecule has 2 fully saturated rings. The van der Waals surface area contributed by atoms with Crippen LogP contribution in [0, 0.1) is 0 Å². The van der Waals surface area contributed by atoms with E-state index in [1.807, 2.05) is 17.8 Å². The Labute approximate surface area is 107 Å². The van der Waals surface area contributed by atoms with Gasteiger partial charge < -0.3 is 18.8 Å². The molecular weight excluding hydrogens is 232 g/mol. The van der Waals surface area contributed by atoms with E-state index in [1.165, 1.54) is 0 Å². The van der Waals surface area contributed by atoms with E-state index >= 15 is 0 Å². The molecule has 18 heavy (non-hydrogen) atoms. The van der Waals surface area contributed by atoms with Gasteiger partial charge >= 0.3 is 0 Å². The fraction of sp³-hybridized carbons (Fsp3) is 0.769. The Hall–Kier alpha value is -0.910. The van der Waals surface area contributed by atoms with Gasteiger partial charge in [0, 0.05) is 32.3 Å².